The zero-order valence-electron chi connectivity index (χ0n) is 13.7. The van der Waals surface area contributed by atoms with Crippen molar-refractivity contribution in [1.29, 1.82) is 0 Å². The molecule has 0 saturated carbocycles. The molecule has 6 nitrogen and oxygen atoms in total. The molecule has 0 aromatic rings. The topological polar surface area (TPSA) is 55.4 Å². The Bertz CT molecular complexity index is 77.2. The molecule has 0 fully saturated rings. The first kappa shape index (κ1) is 28.0. The Hall–Kier alpha value is 0.760. The molecular weight excluding hydrogens is 263 g/mol. The van der Waals surface area contributed by atoms with E-state index in [-0.39, 0.29) is 29.6 Å². The number of hydrogen-bond acceptors (Lipinski definition) is 6. The van der Waals surface area contributed by atoms with Crippen LogP contribution in [0.3, 0.4) is 0 Å². The van der Waals surface area contributed by atoms with Crippen LogP contribution in [0.5, 0.6) is 0 Å². The summed E-state index contributed by atoms with van der Waals surface area (Å²) in [5.74, 6) is 0. The van der Waals surface area contributed by atoms with Crippen LogP contribution in [-0.2, 0) is 28.4 Å². The molecule has 1 radical (unpaired) electrons. The summed E-state index contributed by atoms with van der Waals surface area (Å²) >= 11 is 0. The molecule has 19 heavy (non-hydrogen) atoms. The molecule has 0 aromatic carbocycles. The minimum Gasteiger partial charge on any atom is -0.382 e. The Morgan fingerprint density at radius 2 is 0.474 bits per heavy atom. The quantitative estimate of drug-likeness (QED) is 0.455. The Balaban J connectivity index is -0.0000000865. The van der Waals surface area contributed by atoms with E-state index in [1.54, 1.807) is 42.7 Å². The fourth-order valence-electron chi connectivity index (χ4n) is 0.500. The summed E-state index contributed by atoms with van der Waals surface area (Å²) in [4.78, 5) is 0. The van der Waals surface area contributed by atoms with E-state index in [9.17, 15) is 0 Å². The molecule has 0 spiro atoms. The molecule has 0 saturated heterocycles. The maximum Gasteiger partial charge on any atom is 0.0696 e. The maximum absolute atomic E-state index is 4.66. The van der Waals surface area contributed by atoms with Gasteiger partial charge >= 0.3 is 0 Å². The van der Waals surface area contributed by atoms with Gasteiger partial charge in [0, 0.05) is 72.2 Å². The van der Waals surface area contributed by atoms with Crippen molar-refractivity contribution in [3.63, 3.8) is 0 Å². The fourth-order valence-corrected chi connectivity index (χ4v) is 0.500. The zero-order chi connectivity index (χ0) is 14.5. The van der Waals surface area contributed by atoms with Crippen molar-refractivity contribution in [3.8, 4) is 0 Å². The summed E-state index contributed by atoms with van der Waals surface area (Å²) in [7, 11) is 9.91. The molecule has 0 bridgehead atoms. The monoisotopic (exact) mass is 293 g/mol. The van der Waals surface area contributed by atoms with Crippen LogP contribution in [-0.4, -0.2) is 112 Å². The van der Waals surface area contributed by atoms with Gasteiger partial charge in [-0.3, -0.25) is 0 Å². The van der Waals surface area contributed by atoms with Crippen molar-refractivity contribution in [2.45, 2.75) is 0 Å². The first-order valence-corrected chi connectivity index (χ1v) is 5.68. The summed E-state index contributed by atoms with van der Waals surface area (Å²) in [5.41, 5.74) is 0. The second-order valence-electron chi connectivity index (χ2n) is 2.96. The van der Waals surface area contributed by atoms with Crippen molar-refractivity contribution in [3.05, 3.63) is 0 Å². The molecule has 0 N–H and O–H groups in total. The Morgan fingerprint density at radius 3 is 0.526 bits per heavy atom. The van der Waals surface area contributed by atoms with E-state index in [1.165, 1.54) is 0 Å². The minimum absolute atomic E-state index is 0. The molecule has 0 aliphatic heterocycles. The largest absolute Gasteiger partial charge is 0.382 e. The third kappa shape index (κ3) is 55.3. The summed E-state index contributed by atoms with van der Waals surface area (Å²) in [5, 5.41) is 0. The van der Waals surface area contributed by atoms with Crippen LogP contribution >= 0.6 is 0 Å². The van der Waals surface area contributed by atoms with Gasteiger partial charge in [0.05, 0.1) is 39.6 Å². The van der Waals surface area contributed by atoms with E-state index >= 15 is 0 Å². The van der Waals surface area contributed by atoms with Crippen LogP contribution in [0, 0.1) is 0 Å². The van der Waals surface area contributed by atoms with Crippen molar-refractivity contribution in [2.24, 2.45) is 0 Å². The van der Waals surface area contributed by atoms with Gasteiger partial charge in [0.1, 0.15) is 0 Å². The first-order valence-electron chi connectivity index (χ1n) is 5.68. The third-order valence-electron chi connectivity index (χ3n) is 1.47. The minimum atomic E-state index is 0. The normalized spacial score (nSPS) is 8.53. The van der Waals surface area contributed by atoms with Gasteiger partial charge in [-0.15, -0.1) is 0 Å². The molecule has 0 amide bonds. The molecular formula is C12H30NaO6. The molecule has 7 heteroatoms. The third-order valence-corrected chi connectivity index (χ3v) is 1.47. The van der Waals surface area contributed by atoms with Crippen molar-refractivity contribution in [1.82, 2.24) is 0 Å². The number of rotatable bonds is 9. The smallest absolute Gasteiger partial charge is 0.0696 e. The first-order chi connectivity index (χ1) is 8.74. The number of ether oxygens (including phenoxy) is 6. The van der Waals surface area contributed by atoms with Crippen LogP contribution in [0.15, 0.2) is 0 Å². The van der Waals surface area contributed by atoms with Crippen LogP contribution in [0.4, 0.5) is 0 Å². The number of methoxy groups -OCH3 is 6. The summed E-state index contributed by atoms with van der Waals surface area (Å²) < 4.78 is 27.9. The van der Waals surface area contributed by atoms with Crippen molar-refractivity contribution < 1.29 is 28.4 Å². The van der Waals surface area contributed by atoms with Gasteiger partial charge in [-0.1, -0.05) is 0 Å². The summed E-state index contributed by atoms with van der Waals surface area (Å²) in [6.07, 6.45) is 0. The predicted octanol–water partition coefficient (Wildman–Crippen LogP) is 0.457. The van der Waals surface area contributed by atoms with Crippen LogP contribution in [0.1, 0.15) is 0 Å². The molecule has 0 aliphatic rings. The van der Waals surface area contributed by atoms with Crippen LogP contribution in [0.2, 0.25) is 0 Å². The average molecular weight is 293 g/mol. The van der Waals surface area contributed by atoms with E-state index in [1.807, 2.05) is 0 Å². The molecule has 0 unspecified atom stereocenters. The van der Waals surface area contributed by atoms with E-state index in [2.05, 4.69) is 28.4 Å². The zero-order valence-corrected chi connectivity index (χ0v) is 15.7. The van der Waals surface area contributed by atoms with Gasteiger partial charge in [0.25, 0.3) is 0 Å². The van der Waals surface area contributed by atoms with Crippen LogP contribution in [0.25, 0.3) is 0 Å². The maximum atomic E-state index is 4.66. The van der Waals surface area contributed by atoms with E-state index in [0.717, 1.165) is 0 Å². The molecule has 0 heterocycles. The second-order valence-corrected chi connectivity index (χ2v) is 2.96. The van der Waals surface area contributed by atoms with Gasteiger partial charge in [0.15, 0.2) is 0 Å². The summed E-state index contributed by atoms with van der Waals surface area (Å²) in [6, 6.07) is 0. The average Bonchev–Trinajstić information content (AvgIpc) is 2.42. The van der Waals surface area contributed by atoms with Gasteiger partial charge in [-0.2, -0.15) is 0 Å². The Kier molecular flexibility index (Phi) is 53.6. The van der Waals surface area contributed by atoms with Gasteiger partial charge in [0.2, 0.25) is 0 Å². The Labute approximate surface area is 140 Å². The standard InChI is InChI=1S/3C4H10O2.Na/c3*1-5-3-4-6-2;/h3*3-4H2,1-2H3;. The second kappa shape index (κ2) is 36.3. The molecule has 0 rings (SSSR count). The van der Waals surface area contributed by atoms with E-state index < -0.39 is 0 Å². The van der Waals surface area contributed by atoms with Gasteiger partial charge in [-0.25, -0.2) is 0 Å². The predicted molar refractivity (Wildman–Crippen MR) is 77.0 cm³/mol. The SMILES string of the molecule is COCCOC.COCCOC.COCCOC.[Na]. The number of hydrogen-bond donors (Lipinski definition) is 0. The summed E-state index contributed by atoms with van der Waals surface area (Å²) in [6.45, 7) is 4.15. The van der Waals surface area contributed by atoms with Crippen molar-refractivity contribution in [2.75, 3.05) is 82.3 Å². The van der Waals surface area contributed by atoms with Gasteiger partial charge in [-0.05, 0) is 0 Å². The van der Waals surface area contributed by atoms with Gasteiger partial charge < -0.3 is 28.4 Å². The van der Waals surface area contributed by atoms with Crippen LogP contribution < -0.4 is 0 Å². The van der Waals surface area contributed by atoms with E-state index in [0.29, 0.717) is 39.6 Å². The molecule has 115 valence electrons. The molecule has 0 aliphatic carbocycles. The van der Waals surface area contributed by atoms with E-state index in [4.69, 9.17) is 0 Å². The molecule has 0 atom stereocenters. The molecule has 0 aromatic heterocycles. The fraction of sp³-hybridized carbons (Fsp3) is 1.00. The Morgan fingerprint density at radius 1 is 0.368 bits per heavy atom. The van der Waals surface area contributed by atoms with Crippen molar-refractivity contribution >= 4 is 29.6 Å².